The highest BCUT2D eigenvalue weighted by molar-refractivity contribution is 7.22. The average Bonchev–Trinajstić information content (AvgIpc) is 2.98. The Bertz CT molecular complexity index is 992. The van der Waals surface area contributed by atoms with E-state index in [4.69, 9.17) is 0 Å². The Hall–Kier alpha value is -2.23. The molecular formula is C18H16ClF4N3OS. The van der Waals surface area contributed by atoms with E-state index >= 15 is 0 Å². The van der Waals surface area contributed by atoms with Gasteiger partial charge in [0.15, 0.2) is 10.9 Å². The van der Waals surface area contributed by atoms with E-state index in [1.807, 2.05) is 0 Å². The van der Waals surface area contributed by atoms with E-state index in [9.17, 15) is 22.4 Å². The van der Waals surface area contributed by atoms with E-state index in [1.165, 1.54) is 0 Å². The van der Waals surface area contributed by atoms with Crippen LogP contribution >= 0.6 is 23.7 Å². The van der Waals surface area contributed by atoms with Gasteiger partial charge >= 0.3 is 0 Å². The number of fused-ring (bicyclic) bond motifs is 1. The molecule has 3 aromatic rings. The van der Waals surface area contributed by atoms with Crippen LogP contribution in [-0.4, -0.2) is 43.0 Å². The molecule has 2 aromatic carbocycles. The van der Waals surface area contributed by atoms with Gasteiger partial charge in [-0.3, -0.25) is 9.69 Å². The second-order valence-corrected chi connectivity index (χ2v) is 7.10. The molecule has 150 valence electrons. The highest BCUT2D eigenvalue weighted by Gasteiger charge is 2.27. The van der Waals surface area contributed by atoms with Crippen LogP contribution in [0.25, 0.3) is 10.2 Å². The van der Waals surface area contributed by atoms with Crippen molar-refractivity contribution in [1.82, 2.24) is 9.88 Å². The van der Waals surface area contributed by atoms with Crippen LogP contribution in [0.3, 0.4) is 0 Å². The number of nitrogens with zero attached hydrogens (tertiary/aromatic N) is 3. The van der Waals surface area contributed by atoms with Gasteiger partial charge in [-0.15, -0.1) is 12.4 Å². The molecule has 0 N–H and O–H groups in total. The summed E-state index contributed by atoms with van der Waals surface area (Å²) < 4.78 is 55.7. The zero-order valence-corrected chi connectivity index (χ0v) is 16.5. The SMILES string of the molecule is CN(C)CCN(C(=O)c1c(F)cccc1F)c1nc2c(F)cc(F)cc2s1.Cl. The first-order valence-corrected chi connectivity index (χ1v) is 8.75. The first-order chi connectivity index (χ1) is 12.8. The van der Waals surface area contributed by atoms with E-state index < -0.39 is 34.7 Å². The third-order valence-electron chi connectivity index (χ3n) is 3.83. The molecule has 0 saturated heterocycles. The minimum atomic E-state index is -1.01. The van der Waals surface area contributed by atoms with Crippen molar-refractivity contribution in [2.45, 2.75) is 0 Å². The molecule has 0 aliphatic carbocycles. The lowest BCUT2D eigenvalue weighted by Gasteiger charge is -2.22. The maximum Gasteiger partial charge on any atom is 0.266 e. The lowest BCUT2D eigenvalue weighted by Crippen LogP contribution is -2.37. The molecule has 3 rings (SSSR count). The monoisotopic (exact) mass is 433 g/mol. The Labute approximate surface area is 168 Å². The first kappa shape index (κ1) is 22.1. The molecule has 0 fully saturated rings. The van der Waals surface area contributed by atoms with Crippen molar-refractivity contribution in [2.24, 2.45) is 0 Å². The van der Waals surface area contributed by atoms with Gasteiger partial charge in [0.05, 0.1) is 4.70 Å². The van der Waals surface area contributed by atoms with Crippen LogP contribution in [0.4, 0.5) is 22.7 Å². The van der Waals surface area contributed by atoms with Crippen molar-refractivity contribution in [2.75, 3.05) is 32.1 Å². The summed E-state index contributed by atoms with van der Waals surface area (Å²) in [5, 5.41) is 0.0315. The Morgan fingerprint density at radius 2 is 1.68 bits per heavy atom. The van der Waals surface area contributed by atoms with Crippen molar-refractivity contribution < 1.29 is 22.4 Å². The molecule has 28 heavy (non-hydrogen) atoms. The third kappa shape index (κ3) is 4.43. The summed E-state index contributed by atoms with van der Waals surface area (Å²) in [4.78, 5) is 19.8. The van der Waals surface area contributed by atoms with E-state index in [1.54, 1.807) is 19.0 Å². The van der Waals surface area contributed by atoms with Gasteiger partial charge in [0.2, 0.25) is 0 Å². The normalized spacial score (nSPS) is 11.0. The minimum Gasteiger partial charge on any atom is -0.308 e. The molecule has 0 radical (unpaired) electrons. The van der Waals surface area contributed by atoms with Crippen molar-refractivity contribution in [1.29, 1.82) is 0 Å². The summed E-state index contributed by atoms with van der Waals surface area (Å²) in [6.45, 7) is 0.429. The topological polar surface area (TPSA) is 36.4 Å². The molecule has 1 amide bonds. The number of benzene rings is 2. The number of amides is 1. The fourth-order valence-corrected chi connectivity index (χ4v) is 3.51. The zero-order chi connectivity index (χ0) is 19.7. The van der Waals surface area contributed by atoms with Gasteiger partial charge in [-0.25, -0.2) is 22.5 Å². The van der Waals surface area contributed by atoms with Crippen molar-refractivity contribution in [3.63, 3.8) is 0 Å². The average molecular weight is 434 g/mol. The summed E-state index contributed by atoms with van der Waals surface area (Å²) in [7, 11) is 3.53. The standard InChI is InChI=1S/C18H15F4N3OS.ClH/c1-24(2)6-7-25(17(26)15-11(20)4-3-5-12(15)21)18-23-16-13(22)8-10(19)9-14(16)27-18;/h3-5,8-9H,6-7H2,1-2H3;1H. The Morgan fingerprint density at radius 1 is 1.04 bits per heavy atom. The number of rotatable bonds is 5. The highest BCUT2D eigenvalue weighted by Crippen LogP contribution is 2.32. The van der Waals surface area contributed by atoms with Crippen LogP contribution in [0.2, 0.25) is 0 Å². The van der Waals surface area contributed by atoms with Crippen LogP contribution in [0, 0.1) is 23.3 Å². The van der Waals surface area contributed by atoms with Crippen molar-refractivity contribution >= 4 is 45.0 Å². The molecule has 0 aliphatic rings. The predicted molar refractivity (Wildman–Crippen MR) is 103 cm³/mol. The van der Waals surface area contributed by atoms with Crippen LogP contribution < -0.4 is 4.90 Å². The van der Waals surface area contributed by atoms with E-state index in [0.717, 1.165) is 40.5 Å². The summed E-state index contributed by atoms with van der Waals surface area (Å²) in [5.41, 5.74) is -0.824. The number of halogens is 5. The van der Waals surface area contributed by atoms with Gasteiger partial charge in [0.1, 0.15) is 28.5 Å². The number of carbonyl (C=O) groups excluding carboxylic acids is 1. The smallest absolute Gasteiger partial charge is 0.266 e. The molecule has 0 spiro atoms. The van der Waals surface area contributed by atoms with Gasteiger partial charge in [-0.1, -0.05) is 17.4 Å². The molecular weight excluding hydrogens is 418 g/mol. The summed E-state index contributed by atoms with van der Waals surface area (Å²) in [6.07, 6.45) is 0. The van der Waals surface area contributed by atoms with Gasteiger partial charge in [-0.2, -0.15) is 0 Å². The van der Waals surface area contributed by atoms with Crippen LogP contribution in [0.15, 0.2) is 30.3 Å². The quantitative estimate of drug-likeness (QED) is 0.556. The highest BCUT2D eigenvalue weighted by atomic mass is 35.5. The fourth-order valence-electron chi connectivity index (χ4n) is 2.48. The summed E-state index contributed by atoms with van der Waals surface area (Å²) >= 11 is 0.871. The summed E-state index contributed by atoms with van der Waals surface area (Å²) in [6, 6.07) is 4.90. The third-order valence-corrected chi connectivity index (χ3v) is 4.85. The molecule has 4 nitrogen and oxygen atoms in total. The van der Waals surface area contributed by atoms with Crippen molar-refractivity contribution in [3.05, 3.63) is 59.2 Å². The number of carbonyl (C=O) groups is 1. The number of likely N-dealkylation sites (N-methyl/N-ethyl adjacent to an activating group) is 1. The van der Waals surface area contributed by atoms with E-state index in [0.29, 0.717) is 12.6 Å². The number of aromatic nitrogens is 1. The van der Waals surface area contributed by atoms with Gasteiger partial charge < -0.3 is 4.90 Å². The Balaban J connectivity index is 0.00000280. The number of hydrogen-bond donors (Lipinski definition) is 0. The lowest BCUT2D eigenvalue weighted by atomic mass is 10.1. The molecule has 1 heterocycles. The second kappa shape index (κ2) is 8.85. The lowest BCUT2D eigenvalue weighted by molar-refractivity contribution is 0.0977. The molecule has 10 heteroatoms. The van der Waals surface area contributed by atoms with Crippen LogP contribution in [0.1, 0.15) is 10.4 Å². The number of anilines is 1. The van der Waals surface area contributed by atoms with Gasteiger partial charge in [0.25, 0.3) is 5.91 Å². The number of thiazole rings is 1. The maximum absolute atomic E-state index is 14.1. The minimum absolute atomic E-state index is 0. The molecule has 0 bridgehead atoms. The predicted octanol–water partition coefficient (Wildman–Crippen LogP) is 4.48. The zero-order valence-electron chi connectivity index (χ0n) is 14.9. The largest absolute Gasteiger partial charge is 0.308 e. The molecule has 1 aromatic heterocycles. The Kier molecular flexibility index (Phi) is 6.97. The summed E-state index contributed by atoms with van der Waals surface area (Å²) in [5.74, 6) is -4.60. The second-order valence-electron chi connectivity index (χ2n) is 6.09. The van der Waals surface area contributed by atoms with Gasteiger partial charge in [0, 0.05) is 19.2 Å². The first-order valence-electron chi connectivity index (χ1n) is 7.94. The molecule has 0 atom stereocenters. The van der Waals surface area contributed by atoms with Crippen LogP contribution in [-0.2, 0) is 0 Å². The molecule has 0 unspecified atom stereocenters. The number of hydrogen-bond acceptors (Lipinski definition) is 4. The van der Waals surface area contributed by atoms with Gasteiger partial charge in [-0.05, 0) is 32.3 Å². The van der Waals surface area contributed by atoms with E-state index in [2.05, 4.69) is 4.98 Å². The van der Waals surface area contributed by atoms with E-state index in [-0.39, 0.29) is 34.3 Å². The molecule has 0 aliphatic heterocycles. The maximum atomic E-state index is 14.1. The van der Waals surface area contributed by atoms with Crippen LogP contribution in [0.5, 0.6) is 0 Å². The Morgan fingerprint density at radius 3 is 2.29 bits per heavy atom. The van der Waals surface area contributed by atoms with Crippen molar-refractivity contribution in [3.8, 4) is 0 Å². The fraction of sp³-hybridized carbons (Fsp3) is 0.222. The molecule has 0 saturated carbocycles.